The molecule has 0 unspecified atom stereocenters. The fourth-order valence-electron chi connectivity index (χ4n) is 2.62. The predicted octanol–water partition coefficient (Wildman–Crippen LogP) is 3.58. The molecular formula is C20H22FN5OS. The van der Waals surface area contributed by atoms with Crippen molar-refractivity contribution in [3.05, 3.63) is 71.3 Å². The summed E-state index contributed by atoms with van der Waals surface area (Å²) in [5.41, 5.74) is 2.44. The highest BCUT2D eigenvalue weighted by atomic mass is 32.2. The summed E-state index contributed by atoms with van der Waals surface area (Å²) in [7, 11) is 0. The zero-order chi connectivity index (χ0) is 20.1. The van der Waals surface area contributed by atoms with E-state index in [-0.39, 0.29) is 23.9 Å². The molecule has 3 rings (SSSR count). The van der Waals surface area contributed by atoms with E-state index in [0.717, 1.165) is 5.69 Å². The molecule has 0 aliphatic rings. The minimum absolute atomic E-state index is 0.140. The Bertz CT molecular complexity index is 955. The fourth-order valence-corrected chi connectivity index (χ4v) is 3.29. The molecule has 0 fully saturated rings. The number of nitrogens with one attached hydrogen (secondary N) is 1. The highest BCUT2D eigenvalue weighted by Crippen LogP contribution is 2.19. The van der Waals surface area contributed by atoms with E-state index < -0.39 is 0 Å². The topological polar surface area (TPSA) is 85.8 Å². The summed E-state index contributed by atoms with van der Waals surface area (Å²) < 4.78 is 15.1. The summed E-state index contributed by atoms with van der Waals surface area (Å²) in [4.78, 5) is 12.2. The van der Waals surface area contributed by atoms with E-state index in [1.165, 1.54) is 28.1 Å². The second-order valence-electron chi connectivity index (χ2n) is 6.65. The number of anilines is 1. The van der Waals surface area contributed by atoms with Crippen molar-refractivity contribution in [1.82, 2.24) is 14.9 Å². The Hall–Kier alpha value is -2.87. The van der Waals surface area contributed by atoms with Crippen molar-refractivity contribution in [2.75, 3.05) is 16.9 Å². The molecule has 1 amide bonds. The molecule has 0 atom stereocenters. The van der Waals surface area contributed by atoms with E-state index >= 15 is 0 Å². The molecule has 0 bridgehead atoms. The standard InChI is InChI=1S/C20H22FN5OS/c1-13(2)14-7-9-16(10-8-14)23-19(27)12-28-20-25-24-18(26(20)22)11-15-5-3-4-6-17(15)21/h3-10,13H,11-12,22H2,1-2H3,(H,23,27). The van der Waals surface area contributed by atoms with Crippen molar-refractivity contribution >= 4 is 23.4 Å². The fraction of sp³-hybridized carbons (Fsp3) is 0.250. The Balaban J connectivity index is 1.56. The summed E-state index contributed by atoms with van der Waals surface area (Å²) in [5.74, 6) is 6.53. The lowest BCUT2D eigenvalue weighted by molar-refractivity contribution is -0.113. The van der Waals surface area contributed by atoms with Crippen LogP contribution in [-0.4, -0.2) is 26.5 Å². The molecule has 3 N–H and O–H groups in total. The molecule has 146 valence electrons. The second-order valence-corrected chi connectivity index (χ2v) is 7.59. The SMILES string of the molecule is CC(C)c1ccc(NC(=O)CSc2nnc(Cc3ccccc3F)n2N)cc1. The zero-order valence-electron chi connectivity index (χ0n) is 15.7. The van der Waals surface area contributed by atoms with Gasteiger partial charge in [-0.1, -0.05) is 55.9 Å². The van der Waals surface area contributed by atoms with Gasteiger partial charge in [0.1, 0.15) is 5.82 Å². The lowest BCUT2D eigenvalue weighted by Crippen LogP contribution is -2.17. The number of rotatable bonds is 7. The Kier molecular flexibility index (Phi) is 6.30. The van der Waals surface area contributed by atoms with E-state index in [1.807, 2.05) is 24.3 Å². The van der Waals surface area contributed by atoms with Gasteiger partial charge in [0.2, 0.25) is 11.1 Å². The van der Waals surface area contributed by atoms with Crippen LogP contribution in [0.5, 0.6) is 0 Å². The van der Waals surface area contributed by atoms with Crippen LogP contribution in [0.15, 0.2) is 53.7 Å². The average molecular weight is 399 g/mol. The Morgan fingerprint density at radius 2 is 1.89 bits per heavy atom. The number of aromatic nitrogens is 3. The number of nitrogens with two attached hydrogens (primary N) is 1. The molecule has 2 aromatic carbocycles. The van der Waals surface area contributed by atoms with Gasteiger partial charge in [-0.3, -0.25) is 4.79 Å². The maximum absolute atomic E-state index is 13.8. The van der Waals surface area contributed by atoms with Gasteiger partial charge in [-0.05, 0) is 35.2 Å². The van der Waals surface area contributed by atoms with Gasteiger partial charge < -0.3 is 11.2 Å². The van der Waals surface area contributed by atoms with E-state index in [0.29, 0.717) is 22.5 Å². The van der Waals surface area contributed by atoms with Crippen LogP contribution in [0.4, 0.5) is 10.1 Å². The number of hydrogen-bond acceptors (Lipinski definition) is 5. The number of nitrogen functional groups attached to an aromatic ring is 1. The smallest absolute Gasteiger partial charge is 0.234 e. The molecule has 0 spiro atoms. The van der Waals surface area contributed by atoms with Crippen LogP contribution in [-0.2, 0) is 11.2 Å². The number of carbonyl (C=O) groups is 1. The van der Waals surface area contributed by atoms with Gasteiger partial charge in [-0.15, -0.1) is 10.2 Å². The molecule has 0 saturated heterocycles. The van der Waals surface area contributed by atoms with Crippen LogP contribution < -0.4 is 11.2 Å². The second kappa shape index (κ2) is 8.88. The number of halogens is 1. The van der Waals surface area contributed by atoms with Crippen LogP contribution in [0.1, 0.15) is 36.7 Å². The van der Waals surface area contributed by atoms with Crippen molar-refractivity contribution in [3.63, 3.8) is 0 Å². The van der Waals surface area contributed by atoms with Crippen LogP contribution in [0.25, 0.3) is 0 Å². The van der Waals surface area contributed by atoms with Crippen molar-refractivity contribution in [2.45, 2.75) is 31.3 Å². The largest absolute Gasteiger partial charge is 0.336 e. The number of amides is 1. The van der Waals surface area contributed by atoms with Crippen molar-refractivity contribution < 1.29 is 9.18 Å². The van der Waals surface area contributed by atoms with E-state index in [4.69, 9.17) is 5.84 Å². The Morgan fingerprint density at radius 3 is 2.57 bits per heavy atom. The highest BCUT2D eigenvalue weighted by molar-refractivity contribution is 7.99. The first-order valence-corrected chi connectivity index (χ1v) is 9.88. The van der Waals surface area contributed by atoms with Gasteiger partial charge in [0, 0.05) is 12.1 Å². The molecule has 28 heavy (non-hydrogen) atoms. The lowest BCUT2D eigenvalue weighted by atomic mass is 10.0. The van der Waals surface area contributed by atoms with Gasteiger partial charge in [0.05, 0.1) is 5.75 Å². The number of benzene rings is 2. The predicted molar refractivity (Wildman–Crippen MR) is 109 cm³/mol. The third-order valence-corrected chi connectivity index (χ3v) is 5.18. The zero-order valence-corrected chi connectivity index (χ0v) is 16.5. The summed E-state index contributed by atoms with van der Waals surface area (Å²) in [6.45, 7) is 4.24. The minimum Gasteiger partial charge on any atom is -0.336 e. The number of thioether (sulfide) groups is 1. The average Bonchev–Trinajstić information content (AvgIpc) is 3.02. The summed E-state index contributed by atoms with van der Waals surface area (Å²) in [6.07, 6.45) is 0.227. The van der Waals surface area contributed by atoms with Crippen LogP contribution in [0.2, 0.25) is 0 Å². The van der Waals surface area contributed by atoms with Gasteiger partial charge in [0.15, 0.2) is 5.82 Å². The van der Waals surface area contributed by atoms with Gasteiger partial charge in [-0.25, -0.2) is 9.07 Å². The number of nitrogens with zero attached hydrogens (tertiary/aromatic N) is 3. The molecule has 0 aliphatic heterocycles. The van der Waals surface area contributed by atoms with E-state index in [1.54, 1.807) is 18.2 Å². The first-order chi connectivity index (χ1) is 13.4. The number of hydrogen-bond donors (Lipinski definition) is 2. The molecule has 3 aromatic rings. The van der Waals surface area contributed by atoms with E-state index in [9.17, 15) is 9.18 Å². The summed E-state index contributed by atoms with van der Waals surface area (Å²) >= 11 is 1.18. The van der Waals surface area contributed by atoms with Gasteiger partial charge in [-0.2, -0.15) is 0 Å². The first-order valence-electron chi connectivity index (χ1n) is 8.89. The van der Waals surface area contributed by atoms with Crippen molar-refractivity contribution in [1.29, 1.82) is 0 Å². The molecule has 0 aliphatic carbocycles. The minimum atomic E-state index is -0.317. The molecule has 0 saturated carbocycles. The monoisotopic (exact) mass is 399 g/mol. The molecule has 8 heteroatoms. The molecule has 1 heterocycles. The van der Waals surface area contributed by atoms with Crippen LogP contribution in [0.3, 0.4) is 0 Å². The maximum Gasteiger partial charge on any atom is 0.234 e. The highest BCUT2D eigenvalue weighted by Gasteiger charge is 2.14. The van der Waals surface area contributed by atoms with E-state index in [2.05, 4.69) is 29.4 Å². The van der Waals surface area contributed by atoms with Crippen molar-refractivity contribution in [3.8, 4) is 0 Å². The normalized spacial score (nSPS) is 11.0. The molecule has 6 nitrogen and oxygen atoms in total. The third-order valence-electron chi connectivity index (χ3n) is 4.24. The molecule has 1 aromatic heterocycles. The molecule has 0 radical (unpaired) electrons. The Labute approximate surface area is 167 Å². The van der Waals surface area contributed by atoms with Gasteiger partial charge in [0.25, 0.3) is 0 Å². The summed E-state index contributed by atoms with van der Waals surface area (Å²) in [5, 5.41) is 11.3. The third kappa shape index (κ3) is 4.89. The van der Waals surface area contributed by atoms with Crippen LogP contribution >= 0.6 is 11.8 Å². The summed E-state index contributed by atoms with van der Waals surface area (Å²) in [6, 6.07) is 14.2. The van der Waals surface area contributed by atoms with Crippen molar-refractivity contribution in [2.24, 2.45) is 0 Å². The van der Waals surface area contributed by atoms with Gasteiger partial charge >= 0.3 is 0 Å². The number of carbonyl (C=O) groups excluding carboxylic acids is 1. The first kappa shape index (κ1) is 19.9. The quantitative estimate of drug-likeness (QED) is 0.469. The Morgan fingerprint density at radius 1 is 1.18 bits per heavy atom. The molecular weight excluding hydrogens is 377 g/mol. The lowest BCUT2D eigenvalue weighted by Gasteiger charge is -2.08. The van der Waals surface area contributed by atoms with Crippen LogP contribution in [0, 0.1) is 5.82 Å². The maximum atomic E-state index is 13.8.